The molecule has 0 saturated carbocycles. The Bertz CT molecular complexity index is 838. The van der Waals surface area contributed by atoms with Crippen LogP contribution in [0, 0.1) is 5.41 Å². The molecule has 0 bridgehead atoms. The highest BCUT2D eigenvalue weighted by atomic mass is 16.6. The van der Waals surface area contributed by atoms with Crippen LogP contribution >= 0.6 is 0 Å². The SMILES string of the molecule is CC(C)(C)OC(=O)N1CCC2(CC1)CCN(c1cccc3c1C(C)(C)C(=O)N3)CC2. The highest BCUT2D eigenvalue weighted by molar-refractivity contribution is 6.07. The van der Waals surface area contributed by atoms with Gasteiger partial charge in [-0.15, -0.1) is 0 Å². The van der Waals surface area contributed by atoms with Crippen LogP contribution in [-0.4, -0.2) is 48.7 Å². The molecule has 1 aromatic rings. The minimum atomic E-state index is -0.500. The van der Waals surface area contributed by atoms with Crippen molar-refractivity contribution >= 4 is 23.4 Å². The highest BCUT2D eigenvalue weighted by Crippen LogP contribution is 2.47. The monoisotopic (exact) mass is 413 g/mol. The van der Waals surface area contributed by atoms with Gasteiger partial charge in [-0.2, -0.15) is 0 Å². The molecule has 30 heavy (non-hydrogen) atoms. The van der Waals surface area contributed by atoms with E-state index >= 15 is 0 Å². The summed E-state index contributed by atoms with van der Waals surface area (Å²) in [5.41, 5.74) is 2.64. The molecular formula is C24H35N3O3. The molecule has 4 rings (SSSR count). The quantitative estimate of drug-likeness (QED) is 0.735. The van der Waals surface area contributed by atoms with Gasteiger partial charge in [0.2, 0.25) is 5.91 Å². The van der Waals surface area contributed by atoms with Gasteiger partial charge in [-0.05, 0) is 77.8 Å². The number of anilines is 2. The third-order valence-electron chi connectivity index (χ3n) is 7.12. The maximum absolute atomic E-state index is 12.4. The van der Waals surface area contributed by atoms with E-state index in [1.165, 1.54) is 5.69 Å². The number of nitrogens with zero attached hydrogens (tertiary/aromatic N) is 2. The lowest BCUT2D eigenvalue weighted by atomic mass is 9.71. The Morgan fingerprint density at radius 3 is 2.23 bits per heavy atom. The molecule has 164 valence electrons. The molecule has 6 nitrogen and oxygen atoms in total. The summed E-state index contributed by atoms with van der Waals surface area (Å²) in [6, 6.07) is 6.20. The maximum Gasteiger partial charge on any atom is 0.410 e. The van der Waals surface area contributed by atoms with Crippen LogP contribution < -0.4 is 10.2 Å². The zero-order chi connectivity index (χ0) is 21.7. The van der Waals surface area contributed by atoms with Crippen molar-refractivity contribution < 1.29 is 14.3 Å². The summed E-state index contributed by atoms with van der Waals surface area (Å²) in [5.74, 6) is 0.0768. The summed E-state index contributed by atoms with van der Waals surface area (Å²) >= 11 is 0. The first kappa shape index (κ1) is 21.0. The van der Waals surface area contributed by atoms with E-state index in [1.54, 1.807) is 0 Å². The Hall–Kier alpha value is -2.24. The standard InChI is InChI=1S/C24H35N3O3/c1-22(2,3)30-21(29)27-15-11-24(12-16-27)9-13-26(14-10-24)18-8-6-7-17-19(18)23(4,5)20(28)25-17/h6-8H,9-16H2,1-5H3,(H,25,28). The lowest BCUT2D eigenvalue weighted by Crippen LogP contribution is -2.49. The van der Waals surface area contributed by atoms with Crippen LogP contribution in [0.15, 0.2) is 18.2 Å². The highest BCUT2D eigenvalue weighted by Gasteiger charge is 2.43. The van der Waals surface area contributed by atoms with Crippen molar-refractivity contribution in [1.82, 2.24) is 4.90 Å². The average molecular weight is 414 g/mol. The largest absolute Gasteiger partial charge is 0.444 e. The fraction of sp³-hybridized carbons (Fsp3) is 0.667. The van der Waals surface area contributed by atoms with Gasteiger partial charge in [0.15, 0.2) is 0 Å². The molecule has 2 fully saturated rings. The van der Waals surface area contributed by atoms with Gasteiger partial charge < -0.3 is 19.9 Å². The summed E-state index contributed by atoms with van der Waals surface area (Å²) in [6.45, 7) is 13.3. The van der Waals surface area contributed by atoms with Crippen LogP contribution in [0.25, 0.3) is 0 Å². The van der Waals surface area contributed by atoms with Crippen LogP contribution in [0.4, 0.5) is 16.2 Å². The lowest BCUT2D eigenvalue weighted by Gasteiger charge is -2.47. The molecule has 1 aromatic carbocycles. The zero-order valence-electron chi connectivity index (χ0n) is 19.0. The van der Waals surface area contributed by atoms with Crippen molar-refractivity contribution in [3.05, 3.63) is 23.8 Å². The average Bonchev–Trinajstić information content (AvgIpc) is 2.90. The Morgan fingerprint density at radius 1 is 1.03 bits per heavy atom. The molecule has 0 aliphatic carbocycles. The third kappa shape index (κ3) is 3.77. The second-order valence-electron chi connectivity index (χ2n) is 10.7. The number of hydrogen-bond donors (Lipinski definition) is 1. The Kier molecular flexibility index (Phi) is 5.02. The topological polar surface area (TPSA) is 61.9 Å². The predicted molar refractivity (Wildman–Crippen MR) is 119 cm³/mol. The van der Waals surface area contributed by atoms with Crippen molar-refractivity contribution in [3.8, 4) is 0 Å². The van der Waals surface area contributed by atoms with Crippen molar-refractivity contribution in [2.75, 3.05) is 36.4 Å². The third-order valence-corrected chi connectivity index (χ3v) is 7.12. The number of piperidine rings is 2. The van der Waals surface area contributed by atoms with Gasteiger partial charge in [0, 0.05) is 43.1 Å². The van der Waals surface area contributed by atoms with E-state index in [1.807, 2.05) is 51.7 Å². The van der Waals surface area contributed by atoms with Crippen LogP contribution in [0.1, 0.15) is 65.9 Å². The number of carbonyl (C=O) groups is 2. The predicted octanol–water partition coefficient (Wildman–Crippen LogP) is 4.53. The normalized spacial score (nSPS) is 22.6. The number of rotatable bonds is 1. The number of fused-ring (bicyclic) bond motifs is 1. The number of amides is 2. The van der Waals surface area contributed by atoms with Gasteiger partial charge in [0.1, 0.15) is 5.60 Å². The summed E-state index contributed by atoms with van der Waals surface area (Å²) < 4.78 is 5.54. The molecule has 2 amide bonds. The molecule has 3 aliphatic heterocycles. The molecule has 2 saturated heterocycles. The number of likely N-dealkylation sites (tertiary alicyclic amines) is 1. The van der Waals surface area contributed by atoms with E-state index in [2.05, 4.69) is 16.3 Å². The first-order valence-corrected chi connectivity index (χ1v) is 11.2. The van der Waals surface area contributed by atoms with Crippen molar-refractivity contribution in [2.24, 2.45) is 5.41 Å². The van der Waals surface area contributed by atoms with Crippen LogP contribution in [0.3, 0.4) is 0 Å². The first-order chi connectivity index (χ1) is 14.0. The molecule has 1 N–H and O–H groups in total. The number of ether oxygens (including phenoxy) is 1. The van der Waals surface area contributed by atoms with Gasteiger partial charge in [-0.3, -0.25) is 4.79 Å². The van der Waals surface area contributed by atoms with Gasteiger partial charge in [-0.25, -0.2) is 4.79 Å². The van der Waals surface area contributed by atoms with Gasteiger partial charge in [0.05, 0.1) is 5.41 Å². The fourth-order valence-corrected chi connectivity index (χ4v) is 5.17. The first-order valence-electron chi connectivity index (χ1n) is 11.2. The number of hydrogen-bond acceptors (Lipinski definition) is 4. The van der Waals surface area contributed by atoms with E-state index in [-0.39, 0.29) is 12.0 Å². The molecule has 3 aliphatic rings. The second kappa shape index (κ2) is 7.17. The minimum Gasteiger partial charge on any atom is -0.444 e. The van der Waals surface area contributed by atoms with Crippen LogP contribution in [-0.2, 0) is 14.9 Å². The van der Waals surface area contributed by atoms with E-state index in [0.717, 1.165) is 63.1 Å². The van der Waals surface area contributed by atoms with E-state index < -0.39 is 11.0 Å². The van der Waals surface area contributed by atoms with E-state index in [0.29, 0.717) is 5.41 Å². The van der Waals surface area contributed by atoms with Gasteiger partial charge in [-0.1, -0.05) is 6.07 Å². The van der Waals surface area contributed by atoms with Crippen molar-refractivity contribution in [2.45, 2.75) is 71.3 Å². The number of nitrogens with one attached hydrogen (secondary N) is 1. The molecule has 0 atom stereocenters. The Morgan fingerprint density at radius 2 is 1.63 bits per heavy atom. The zero-order valence-corrected chi connectivity index (χ0v) is 19.0. The summed E-state index contributed by atoms with van der Waals surface area (Å²) in [7, 11) is 0. The summed E-state index contributed by atoms with van der Waals surface area (Å²) in [6.07, 6.45) is 4.15. The molecule has 3 heterocycles. The van der Waals surface area contributed by atoms with E-state index in [4.69, 9.17) is 4.74 Å². The molecule has 0 radical (unpaired) electrons. The Labute approximate surface area is 179 Å². The molecule has 1 spiro atoms. The fourth-order valence-electron chi connectivity index (χ4n) is 5.17. The Balaban J connectivity index is 1.40. The van der Waals surface area contributed by atoms with Gasteiger partial charge >= 0.3 is 6.09 Å². The second-order valence-corrected chi connectivity index (χ2v) is 10.7. The van der Waals surface area contributed by atoms with Crippen LogP contribution in [0.5, 0.6) is 0 Å². The van der Waals surface area contributed by atoms with Crippen LogP contribution in [0.2, 0.25) is 0 Å². The maximum atomic E-state index is 12.4. The molecule has 6 heteroatoms. The number of carbonyl (C=O) groups excluding carboxylic acids is 2. The minimum absolute atomic E-state index is 0.0768. The summed E-state index contributed by atoms with van der Waals surface area (Å²) in [4.78, 5) is 29.1. The van der Waals surface area contributed by atoms with Crippen molar-refractivity contribution in [3.63, 3.8) is 0 Å². The smallest absolute Gasteiger partial charge is 0.410 e. The lowest BCUT2D eigenvalue weighted by molar-refractivity contribution is -0.119. The molecule has 0 unspecified atom stereocenters. The molecule has 0 aromatic heterocycles. The van der Waals surface area contributed by atoms with E-state index in [9.17, 15) is 9.59 Å². The summed E-state index contributed by atoms with van der Waals surface area (Å²) in [5, 5.41) is 3.04. The van der Waals surface area contributed by atoms with Gasteiger partial charge in [0.25, 0.3) is 0 Å². The number of benzene rings is 1. The van der Waals surface area contributed by atoms with Crippen molar-refractivity contribution in [1.29, 1.82) is 0 Å². The molecular weight excluding hydrogens is 378 g/mol.